The van der Waals surface area contributed by atoms with Crippen molar-refractivity contribution in [3.05, 3.63) is 103 Å². The summed E-state index contributed by atoms with van der Waals surface area (Å²) in [6.07, 6.45) is 3.66. The smallest absolute Gasteiger partial charge is 0.261 e. The molecule has 39 heavy (non-hydrogen) atoms. The molecule has 0 saturated carbocycles. The number of carbonyl (C=O) groups excluding carboxylic acids is 1. The molecule has 1 heterocycles. The third-order valence-corrected chi connectivity index (χ3v) is 12.9. The first-order chi connectivity index (χ1) is 18.7. The molecule has 3 atom stereocenters. The molecule has 0 bridgehead atoms. The van der Waals surface area contributed by atoms with Crippen molar-refractivity contribution in [3.8, 4) is 0 Å². The summed E-state index contributed by atoms with van der Waals surface area (Å²) in [5.74, 6) is -0.0589. The highest BCUT2D eigenvalue weighted by atomic mass is 28.4. The van der Waals surface area contributed by atoms with E-state index in [1.165, 1.54) is 10.4 Å². The van der Waals surface area contributed by atoms with Crippen LogP contribution in [-0.2, 0) is 20.6 Å². The second kappa shape index (κ2) is 12.5. The molecule has 3 aromatic rings. The summed E-state index contributed by atoms with van der Waals surface area (Å²) in [6, 6.07) is 29.3. The van der Waals surface area contributed by atoms with Gasteiger partial charge in [0.25, 0.3) is 8.32 Å². The summed E-state index contributed by atoms with van der Waals surface area (Å²) in [5.41, 5.74) is 1.95. The van der Waals surface area contributed by atoms with E-state index in [0.717, 1.165) is 30.5 Å². The zero-order valence-corrected chi connectivity index (χ0v) is 25.1. The van der Waals surface area contributed by atoms with Gasteiger partial charge in [-0.3, -0.25) is 9.69 Å². The van der Waals surface area contributed by atoms with E-state index < -0.39 is 14.5 Å². The van der Waals surface area contributed by atoms with Gasteiger partial charge in [0.1, 0.15) is 0 Å². The number of anilines is 1. The molecule has 0 unspecified atom stereocenters. The Bertz CT molecular complexity index is 1200. The van der Waals surface area contributed by atoms with Gasteiger partial charge in [0.15, 0.2) is 6.23 Å². The summed E-state index contributed by atoms with van der Waals surface area (Å²) >= 11 is 0. The van der Waals surface area contributed by atoms with Gasteiger partial charge in [-0.1, -0.05) is 113 Å². The third-order valence-electron chi connectivity index (χ3n) is 7.80. The molecule has 0 spiro atoms. The number of para-hydroxylation sites is 1. The van der Waals surface area contributed by atoms with Gasteiger partial charge in [0.05, 0.1) is 18.4 Å². The Labute approximate surface area is 235 Å². The Balaban J connectivity index is 1.77. The molecule has 5 heteroatoms. The Morgan fingerprint density at radius 1 is 1.00 bits per heavy atom. The summed E-state index contributed by atoms with van der Waals surface area (Å²) in [6.45, 7) is 15.2. The van der Waals surface area contributed by atoms with Crippen LogP contribution in [0, 0.1) is 5.92 Å². The maximum absolute atomic E-state index is 14.0. The van der Waals surface area contributed by atoms with E-state index in [-0.39, 0.29) is 23.0 Å². The van der Waals surface area contributed by atoms with Crippen LogP contribution in [0.5, 0.6) is 0 Å². The highest BCUT2D eigenvalue weighted by molar-refractivity contribution is 6.99. The van der Waals surface area contributed by atoms with Gasteiger partial charge in [-0.15, -0.1) is 6.58 Å². The predicted molar refractivity (Wildman–Crippen MR) is 164 cm³/mol. The van der Waals surface area contributed by atoms with Crippen LogP contribution in [-0.4, -0.2) is 26.6 Å². The fraction of sp³-hybridized carbons (Fsp3) is 0.382. The maximum atomic E-state index is 14.0. The van der Waals surface area contributed by atoms with E-state index in [4.69, 9.17) is 9.16 Å². The SMILES string of the molecule is C=CCCC[C@H](C)C(=O)N1c2ccccc2CO[C@H]1[C@H](C)O[Si](c1ccccc1)(c1ccccc1)C(C)(C)C. The highest BCUT2D eigenvalue weighted by Gasteiger charge is 2.52. The van der Waals surface area contributed by atoms with Crippen LogP contribution < -0.4 is 15.3 Å². The van der Waals surface area contributed by atoms with Gasteiger partial charge in [0, 0.05) is 11.5 Å². The van der Waals surface area contributed by atoms with E-state index in [9.17, 15) is 4.79 Å². The first kappa shape index (κ1) is 29.0. The first-order valence-electron chi connectivity index (χ1n) is 14.1. The Morgan fingerprint density at radius 3 is 2.13 bits per heavy atom. The second-order valence-electron chi connectivity index (χ2n) is 11.6. The number of carbonyl (C=O) groups is 1. The molecule has 4 rings (SSSR count). The monoisotopic (exact) mass is 541 g/mol. The van der Waals surface area contributed by atoms with Crippen molar-refractivity contribution in [1.82, 2.24) is 0 Å². The average Bonchev–Trinajstić information content (AvgIpc) is 2.95. The summed E-state index contributed by atoms with van der Waals surface area (Å²) in [4.78, 5) is 15.9. The minimum atomic E-state index is -2.83. The number of allylic oxidation sites excluding steroid dienone is 1. The van der Waals surface area contributed by atoms with Crippen molar-refractivity contribution < 1.29 is 14.0 Å². The van der Waals surface area contributed by atoms with Gasteiger partial charge in [-0.2, -0.15) is 0 Å². The number of nitrogens with zero attached hydrogens (tertiary/aromatic N) is 1. The number of benzene rings is 3. The van der Waals surface area contributed by atoms with Crippen molar-refractivity contribution in [2.24, 2.45) is 5.92 Å². The molecule has 3 aromatic carbocycles. The molecule has 206 valence electrons. The third kappa shape index (κ3) is 5.96. The minimum Gasteiger partial charge on any atom is -0.400 e. The molecule has 1 aliphatic heterocycles. The van der Waals surface area contributed by atoms with E-state index >= 15 is 0 Å². The zero-order valence-electron chi connectivity index (χ0n) is 24.1. The number of rotatable bonds is 10. The molecular formula is C34H43NO3Si. The van der Waals surface area contributed by atoms with Crippen LogP contribution in [0.1, 0.15) is 59.4 Å². The fourth-order valence-corrected chi connectivity index (χ4v) is 10.5. The van der Waals surface area contributed by atoms with Crippen molar-refractivity contribution in [3.63, 3.8) is 0 Å². The number of hydrogen-bond donors (Lipinski definition) is 0. The Morgan fingerprint density at radius 2 is 1.56 bits per heavy atom. The van der Waals surface area contributed by atoms with Gasteiger partial charge < -0.3 is 9.16 Å². The topological polar surface area (TPSA) is 38.8 Å². The van der Waals surface area contributed by atoms with Crippen LogP contribution in [0.3, 0.4) is 0 Å². The predicted octanol–water partition coefficient (Wildman–Crippen LogP) is 6.83. The van der Waals surface area contributed by atoms with Gasteiger partial charge in [-0.05, 0) is 47.7 Å². The van der Waals surface area contributed by atoms with Crippen LogP contribution in [0.15, 0.2) is 97.6 Å². The van der Waals surface area contributed by atoms with E-state index in [2.05, 4.69) is 94.9 Å². The number of ether oxygens (including phenoxy) is 1. The van der Waals surface area contributed by atoms with Crippen LogP contribution >= 0.6 is 0 Å². The lowest BCUT2D eigenvalue weighted by Gasteiger charge is -2.48. The molecule has 4 nitrogen and oxygen atoms in total. The fourth-order valence-electron chi connectivity index (χ4n) is 5.80. The number of fused-ring (bicyclic) bond motifs is 1. The average molecular weight is 542 g/mol. The molecular weight excluding hydrogens is 498 g/mol. The van der Waals surface area contributed by atoms with E-state index in [1.54, 1.807) is 0 Å². The standard InChI is InChI=1S/C34H43NO3Si/c1-7-8-11-18-26(2)32(36)35-31-24-17-16-19-28(31)25-37-33(35)27(3)38-39(34(4,5)6,29-20-12-9-13-21-29)30-22-14-10-15-23-30/h7,9-10,12-17,19-24,26-27,33H,1,8,11,18,25H2,2-6H3/t26-,27-,33-/m0/s1. The first-order valence-corrected chi connectivity index (χ1v) is 16.0. The van der Waals surface area contributed by atoms with Crippen LogP contribution in [0.25, 0.3) is 0 Å². The lowest BCUT2D eigenvalue weighted by molar-refractivity contribution is -0.128. The normalized spacial score (nSPS) is 17.3. The Hall–Kier alpha value is -2.99. The zero-order chi connectivity index (χ0) is 28.0. The molecule has 0 aliphatic carbocycles. The molecule has 0 radical (unpaired) electrons. The summed E-state index contributed by atoms with van der Waals surface area (Å²) in [7, 11) is -2.83. The lowest BCUT2D eigenvalue weighted by atomic mass is 10.00. The molecule has 0 fully saturated rings. The van der Waals surface area contributed by atoms with E-state index in [0.29, 0.717) is 6.61 Å². The largest absolute Gasteiger partial charge is 0.400 e. The van der Waals surface area contributed by atoms with Gasteiger partial charge in [-0.25, -0.2) is 0 Å². The molecule has 0 saturated heterocycles. The quantitative estimate of drug-likeness (QED) is 0.160. The number of amides is 1. The lowest BCUT2D eigenvalue weighted by Crippen LogP contribution is -2.69. The Kier molecular flexibility index (Phi) is 9.26. The van der Waals surface area contributed by atoms with Crippen molar-refractivity contribution in [2.75, 3.05) is 4.90 Å². The van der Waals surface area contributed by atoms with Crippen molar-refractivity contribution in [1.29, 1.82) is 0 Å². The van der Waals surface area contributed by atoms with Gasteiger partial charge in [0.2, 0.25) is 5.91 Å². The van der Waals surface area contributed by atoms with E-state index in [1.807, 2.05) is 42.2 Å². The molecule has 0 aromatic heterocycles. The van der Waals surface area contributed by atoms with Crippen LogP contribution in [0.4, 0.5) is 5.69 Å². The van der Waals surface area contributed by atoms with Crippen molar-refractivity contribution >= 4 is 30.3 Å². The molecule has 1 aliphatic rings. The number of hydrogen-bond acceptors (Lipinski definition) is 3. The van der Waals surface area contributed by atoms with Crippen LogP contribution in [0.2, 0.25) is 5.04 Å². The maximum Gasteiger partial charge on any atom is 0.261 e. The van der Waals surface area contributed by atoms with Gasteiger partial charge >= 0.3 is 0 Å². The molecule has 1 amide bonds. The van der Waals surface area contributed by atoms with Crippen molar-refractivity contribution in [2.45, 2.75) is 77.9 Å². The number of unbranched alkanes of at least 4 members (excludes halogenated alkanes) is 1. The highest BCUT2D eigenvalue weighted by Crippen LogP contribution is 2.40. The summed E-state index contributed by atoms with van der Waals surface area (Å²) < 4.78 is 13.9. The second-order valence-corrected chi connectivity index (χ2v) is 15.9. The minimum absolute atomic E-state index is 0.0779. The summed E-state index contributed by atoms with van der Waals surface area (Å²) in [5, 5.41) is 2.24. The molecule has 0 N–H and O–H groups in total.